The zero-order chi connectivity index (χ0) is 13.2. The third-order valence-electron chi connectivity index (χ3n) is 3.08. The van der Waals surface area contributed by atoms with E-state index in [0.29, 0.717) is 11.8 Å². The predicted molar refractivity (Wildman–Crippen MR) is 76.0 cm³/mol. The summed E-state index contributed by atoms with van der Waals surface area (Å²) in [6.07, 6.45) is 13.6. The molecule has 3 heteroatoms. The number of hydrogen-bond acceptors (Lipinski definition) is 3. The molecule has 2 aliphatic rings. The van der Waals surface area contributed by atoms with Gasteiger partial charge in [0.25, 0.3) is 0 Å². The Kier molecular flexibility index (Phi) is 2.88. The van der Waals surface area contributed by atoms with Gasteiger partial charge in [0.15, 0.2) is 0 Å². The topological polar surface area (TPSA) is 38.9 Å². The van der Waals surface area contributed by atoms with Crippen LogP contribution in [0.5, 0.6) is 0 Å². The average Bonchev–Trinajstić information content (AvgIpc) is 2.90. The molecular weight excluding hydrogens is 236 g/mol. The number of nitrogens with zero attached hydrogens (tertiary/aromatic N) is 2. The lowest BCUT2D eigenvalue weighted by Crippen LogP contribution is -1.87. The molecule has 0 atom stereocenters. The Labute approximate surface area is 112 Å². The highest BCUT2D eigenvalue weighted by atomic mass is 16.4. The molecule has 0 spiro atoms. The number of allylic oxidation sites excluding steroid dienone is 10. The van der Waals surface area contributed by atoms with Crippen LogP contribution in [0, 0.1) is 0 Å². The molecule has 0 saturated heterocycles. The summed E-state index contributed by atoms with van der Waals surface area (Å²) in [5.74, 6) is 1.11. The third-order valence-corrected chi connectivity index (χ3v) is 3.08. The summed E-state index contributed by atoms with van der Waals surface area (Å²) in [5, 5.41) is 8.19. The van der Waals surface area contributed by atoms with Crippen LogP contribution >= 0.6 is 0 Å². The minimum atomic E-state index is 0.553. The predicted octanol–water partition coefficient (Wildman–Crippen LogP) is 3.87. The fourth-order valence-corrected chi connectivity index (χ4v) is 1.94. The van der Waals surface area contributed by atoms with Crippen LogP contribution in [0.15, 0.2) is 65.2 Å². The van der Waals surface area contributed by atoms with Gasteiger partial charge in [-0.1, -0.05) is 48.6 Å². The molecule has 94 valence electrons. The molecule has 0 fully saturated rings. The van der Waals surface area contributed by atoms with Crippen molar-refractivity contribution in [1.82, 2.24) is 10.2 Å². The van der Waals surface area contributed by atoms with Crippen molar-refractivity contribution < 1.29 is 4.42 Å². The van der Waals surface area contributed by atoms with Crippen LogP contribution in [-0.4, -0.2) is 10.2 Å². The number of rotatable bonds is 2. The third kappa shape index (κ3) is 2.40. The molecule has 0 unspecified atom stereocenters. The van der Waals surface area contributed by atoms with Crippen molar-refractivity contribution in [3.8, 4) is 0 Å². The number of aromatic nitrogens is 2. The van der Waals surface area contributed by atoms with Gasteiger partial charge < -0.3 is 4.42 Å². The van der Waals surface area contributed by atoms with Gasteiger partial charge in [0.2, 0.25) is 11.8 Å². The molecule has 0 aliphatic heterocycles. The van der Waals surface area contributed by atoms with Crippen LogP contribution in [0.3, 0.4) is 0 Å². The van der Waals surface area contributed by atoms with E-state index in [2.05, 4.69) is 23.4 Å². The molecule has 19 heavy (non-hydrogen) atoms. The highest BCUT2D eigenvalue weighted by molar-refractivity contribution is 5.74. The molecule has 0 aromatic carbocycles. The smallest absolute Gasteiger partial charge is 0.247 e. The first kappa shape index (κ1) is 11.7. The minimum Gasteiger partial charge on any atom is -0.416 e. The van der Waals surface area contributed by atoms with E-state index in [9.17, 15) is 0 Å². The van der Waals surface area contributed by atoms with Crippen LogP contribution in [0.1, 0.15) is 24.6 Å². The standard InChI is InChI=1S/C16H14N2O/c1-11-3-7-13(8-4-11)15-17-18-16(19-15)14-9-5-12(2)6-10-14/h3,5,7-10H,1-2,4,6H2. The molecule has 2 aliphatic carbocycles. The quantitative estimate of drug-likeness (QED) is 0.799. The average molecular weight is 250 g/mol. The molecule has 1 aromatic rings. The number of hydrogen-bond donors (Lipinski definition) is 0. The van der Waals surface area contributed by atoms with Gasteiger partial charge in [-0.3, -0.25) is 0 Å². The Morgan fingerprint density at radius 1 is 0.789 bits per heavy atom. The second-order valence-electron chi connectivity index (χ2n) is 4.62. The van der Waals surface area contributed by atoms with Crippen molar-refractivity contribution in [2.45, 2.75) is 12.8 Å². The maximum Gasteiger partial charge on any atom is 0.247 e. The lowest BCUT2D eigenvalue weighted by Gasteiger charge is -2.05. The van der Waals surface area contributed by atoms with Crippen LogP contribution in [0.2, 0.25) is 0 Å². The largest absolute Gasteiger partial charge is 0.416 e. The van der Waals surface area contributed by atoms with Crippen molar-refractivity contribution in [2.24, 2.45) is 0 Å². The van der Waals surface area contributed by atoms with Gasteiger partial charge in [-0.15, -0.1) is 10.2 Å². The molecule has 1 aromatic heterocycles. The first-order valence-corrected chi connectivity index (χ1v) is 6.18. The van der Waals surface area contributed by atoms with Crippen LogP contribution in [0.25, 0.3) is 11.1 Å². The molecule has 0 N–H and O–H groups in total. The Morgan fingerprint density at radius 2 is 1.26 bits per heavy atom. The normalized spacial score (nSPS) is 18.5. The fourth-order valence-electron chi connectivity index (χ4n) is 1.94. The molecule has 0 bridgehead atoms. The van der Waals surface area contributed by atoms with Gasteiger partial charge in [0.1, 0.15) is 0 Å². The maximum atomic E-state index is 5.71. The van der Waals surface area contributed by atoms with Crippen LogP contribution < -0.4 is 0 Å². The van der Waals surface area contributed by atoms with Crippen molar-refractivity contribution >= 4 is 11.1 Å². The zero-order valence-corrected chi connectivity index (χ0v) is 10.6. The SMILES string of the molecule is C=C1C=CC(c2nnc(C3=CCC(=C)C=C3)o2)=CC1. The van der Waals surface area contributed by atoms with Gasteiger partial charge >= 0.3 is 0 Å². The van der Waals surface area contributed by atoms with Crippen molar-refractivity contribution in [1.29, 1.82) is 0 Å². The second kappa shape index (κ2) is 4.69. The van der Waals surface area contributed by atoms with E-state index in [-0.39, 0.29) is 0 Å². The zero-order valence-electron chi connectivity index (χ0n) is 10.6. The molecule has 3 rings (SSSR count). The molecule has 0 radical (unpaired) electrons. The van der Waals surface area contributed by atoms with E-state index in [1.165, 1.54) is 0 Å². The van der Waals surface area contributed by atoms with E-state index >= 15 is 0 Å². The summed E-state index contributed by atoms with van der Waals surface area (Å²) >= 11 is 0. The minimum absolute atomic E-state index is 0.553. The summed E-state index contributed by atoms with van der Waals surface area (Å²) in [4.78, 5) is 0. The van der Waals surface area contributed by atoms with Gasteiger partial charge in [-0.25, -0.2) is 0 Å². The summed E-state index contributed by atoms with van der Waals surface area (Å²) in [6, 6.07) is 0. The van der Waals surface area contributed by atoms with Crippen molar-refractivity contribution in [2.75, 3.05) is 0 Å². The Bertz CT molecular complexity index is 612. The summed E-state index contributed by atoms with van der Waals surface area (Å²) in [7, 11) is 0. The lowest BCUT2D eigenvalue weighted by molar-refractivity contribution is 0.526. The van der Waals surface area contributed by atoms with Gasteiger partial charge in [-0.2, -0.15) is 0 Å². The van der Waals surface area contributed by atoms with Crippen molar-refractivity contribution in [3.63, 3.8) is 0 Å². The second-order valence-corrected chi connectivity index (χ2v) is 4.62. The molecule has 1 heterocycles. The van der Waals surface area contributed by atoms with Gasteiger partial charge in [0.05, 0.1) is 0 Å². The molecule has 3 nitrogen and oxygen atoms in total. The van der Waals surface area contributed by atoms with Gasteiger partial charge in [-0.05, 0) is 25.0 Å². The first-order chi connectivity index (χ1) is 9.22. The highest BCUT2D eigenvalue weighted by Gasteiger charge is 2.14. The summed E-state index contributed by atoms with van der Waals surface area (Å²) in [5.41, 5.74) is 4.08. The monoisotopic (exact) mass is 250 g/mol. The highest BCUT2D eigenvalue weighted by Crippen LogP contribution is 2.26. The Hall–Kier alpha value is -2.42. The van der Waals surface area contributed by atoms with E-state index in [1.54, 1.807) is 0 Å². The molecule has 0 amide bonds. The van der Waals surface area contributed by atoms with E-state index in [4.69, 9.17) is 4.42 Å². The van der Waals surface area contributed by atoms with Gasteiger partial charge in [0, 0.05) is 11.1 Å². The molecule has 0 saturated carbocycles. The van der Waals surface area contributed by atoms with E-state index in [1.807, 2.05) is 36.5 Å². The first-order valence-electron chi connectivity index (χ1n) is 6.18. The maximum absolute atomic E-state index is 5.71. The summed E-state index contributed by atoms with van der Waals surface area (Å²) in [6.45, 7) is 7.81. The Balaban J connectivity index is 1.85. The Morgan fingerprint density at radius 3 is 1.63 bits per heavy atom. The molecular formula is C16H14N2O. The van der Waals surface area contributed by atoms with E-state index in [0.717, 1.165) is 35.1 Å². The van der Waals surface area contributed by atoms with E-state index < -0.39 is 0 Å². The van der Waals surface area contributed by atoms with Crippen LogP contribution in [0.4, 0.5) is 0 Å². The van der Waals surface area contributed by atoms with Crippen molar-refractivity contribution in [3.05, 3.63) is 72.5 Å². The lowest BCUT2D eigenvalue weighted by atomic mass is 10.0. The van der Waals surface area contributed by atoms with Crippen LogP contribution in [-0.2, 0) is 0 Å². The fraction of sp³-hybridized carbons (Fsp3) is 0.125. The summed E-state index contributed by atoms with van der Waals surface area (Å²) < 4.78 is 5.71.